The zero-order chi connectivity index (χ0) is 19.9. The van der Waals surface area contributed by atoms with E-state index in [9.17, 15) is 13.2 Å². The maximum atomic E-state index is 13.1. The second-order valence-corrected chi connectivity index (χ2v) is 9.55. The van der Waals surface area contributed by atoms with Gasteiger partial charge in [-0.05, 0) is 30.3 Å². The fraction of sp³-hybridized carbons (Fsp3) is 0.235. The lowest BCUT2D eigenvalue weighted by Crippen LogP contribution is -2.50. The van der Waals surface area contributed by atoms with Crippen LogP contribution in [0.5, 0.6) is 0 Å². The molecule has 2 heterocycles. The molecule has 0 spiro atoms. The second-order valence-electron chi connectivity index (χ2n) is 6.24. The Bertz CT molecular complexity index is 1140. The highest BCUT2D eigenvalue weighted by atomic mass is 35.5. The topological polar surface area (TPSA) is 83.5 Å². The van der Waals surface area contributed by atoms with E-state index in [1.165, 1.54) is 10.4 Å². The first-order chi connectivity index (χ1) is 13.4. The van der Waals surface area contributed by atoms with E-state index in [4.69, 9.17) is 23.2 Å². The van der Waals surface area contributed by atoms with Crippen LogP contribution in [0.4, 0.5) is 0 Å². The highest BCUT2D eigenvalue weighted by Gasteiger charge is 2.32. The molecule has 3 aromatic rings. The van der Waals surface area contributed by atoms with Crippen LogP contribution in [0, 0.1) is 0 Å². The van der Waals surface area contributed by atoms with Gasteiger partial charge in [-0.1, -0.05) is 29.3 Å². The van der Waals surface area contributed by atoms with Gasteiger partial charge in [0.05, 0.1) is 11.7 Å². The first kappa shape index (κ1) is 19.5. The monoisotopic (exact) mass is 456 g/mol. The molecule has 1 aliphatic heterocycles. The molecular weight excluding hydrogens is 443 g/mol. The van der Waals surface area contributed by atoms with Crippen LogP contribution >= 0.6 is 34.9 Å². The van der Waals surface area contributed by atoms with Crippen LogP contribution in [0.3, 0.4) is 0 Å². The Kier molecular flexibility index (Phi) is 5.28. The van der Waals surface area contributed by atoms with Gasteiger partial charge in [0.1, 0.15) is 15.9 Å². The molecule has 0 atom stereocenters. The predicted molar refractivity (Wildman–Crippen MR) is 109 cm³/mol. The van der Waals surface area contributed by atoms with Gasteiger partial charge >= 0.3 is 0 Å². The van der Waals surface area contributed by atoms with Crippen molar-refractivity contribution in [3.05, 3.63) is 52.0 Å². The third kappa shape index (κ3) is 3.60. The van der Waals surface area contributed by atoms with E-state index >= 15 is 0 Å². The number of sulfonamides is 1. The Balaban J connectivity index is 1.52. The maximum absolute atomic E-state index is 13.1. The van der Waals surface area contributed by atoms with Crippen molar-refractivity contribution in [2.45, 2.75) is 4.90 Å². The minimum atomic E-state index is -3.73. The van der Waals surface area contributed by atoms with Crippen molar-refractivity contribution < 1.29 is 13.2 Å². The van der Waals surface area contributed by atoms with E-state index < -0.39 is 10.0 Å². The standard InChI is InChI=1S/C17H14Cl2N4O3S2/c18-12-8-11(9-13(19)10-12)17(24)22-4-6-23(7-5-22)28(25,26)15-3-1-2-14-16(15)21-27-20-14/h1-3,8-10H,4-7H2. The van der Waals surface area contributed by atoms with Gasteiger partial charge in [-0.15, -0.1) is 0 Å². The van der Waals surface area contributed by atoms with Crippen LogP contribution in [0.1, 0.15) is 10.4 Å². The van der Waals surface area contributed by atoms with Crippen molar-refractivity contribution in [2.75, 3.05) is 26.2 Å². The Morgan fingerprint density at radius 3 is 2.36 bits per heavy atom. The van der Waals surface area contributed by atoms with Gasteiger partial charge in [0.2, 0.25) is 10.0 Å². The Hall–Kier alpha value is -1.78. The lowest BCUT2D eigenvalue weighted by Gasteiger charge is -2.34. The number of halogens is 2. The van der Waals surface area contributed by atoms with Gasteiger partial charge < -0.3 is 4.90 Å². The number of aromatic nitrogens is 2. The van der Waals surface area contributed by atoms with Crippen LogP contribution in [-0.2, 0) is 10.0 Å². The predicted octanol–water partition coefficient (Wildman–Crippen LogP) is 3.14. The zero-order valence-electron chi connectivity index (χ0n) is 14.4. The Morgan fingerprint density at radius 2 is 1.68 bits per heavy atom. The maximum Gasteiger partial charge on any atom is 0.254 e. The number of carbonyl (C=O) groups excluding carboxylic acids is 1. The van der Waals surface area contributed by atoms with Gasteiger partial charge in [0.25, 0.3) is 5.91 Å². The number of fused-ring (bicyclic) bond motifs is 1. The van der Waals surface area contributed by atoms with E-state index in [2.05, 4.69) is 8.75 Å². The van der Waals surface area contributed by atoms with Gasteiger partial charge in [0, 0.05) is 41.8 Å². The van der Waals surface area contributed by atoms with Crippen molar-refractivity contribution in [3.63, 3.8) is 0 Å². The number of carbonyl (C=O) groups is 1. The average Bonchev–Trinajstić information content (AvgIpc) is 3.15. The summed E-state index contributed by atoms with van der Waals surface area (Å²) in [7, 11) is -3.73. The SMILES string of the molecule is O=C(c1cc(Cl)cc(Cl)c1)N1CCN(S(=O)(=O)c2cccc3nsnc23)CC1. The van der Waals surface area contributed by atoms with Crippen LogP contribution in [0.25, 0.3) is 11.0 Å². The average molecular weight is 457 g/mol. The van der Waals surface area contributed by atoms with Crippen molar-refractivity contribution >= 4 is 61.9 Å². The van der Waals surface area contributed by atoms with Crippen molar-refractivity contribution in [1.29, 1.82) is 0 Å². The van der Waals surface area contributed by atoms with Crippen LogP contribution in [-0.4, -0.2) is 58.5 Å². The highest BCUT2D eigenvalue weighted by Crippen LogP contribution is 2.26. The van der Waals surface area contributed by atoms with Gasteiger partial charge in [-0.3, -0.25) is 4.79 Å². The van der Waals surface area contributed by atoms with Crippen molar-refractivity contribution in [2.24, 2.45) is 0 Å². The van der Waals surface area contributed by atoms with Gasteiger partial charge in [-0.2, -0.15) is 13.1 Å². The summed E-state index contributed by atoms with van der Waals surface area (Å²) in [5, 5.41) is 0.754. The second kappa shape index (κ2) is 7.57. The van der Waals surface area contributed by atoms with Gasteiger partial charge in [0.15, 0.2) is 0 Å². The van der Waals surface area contributed by atoms with Crippen LogP contribution < -0.4 is 0 Å². The number of amides is 1. The van der Waals surface area contributed by atoms with Crippen LogP contribution in [0.15, 0.2) is 41.3 Å². The molecule has 7 nitrogen and oxygen atoms in total. The summed E-state index contributed by atoms with van der Waals surface area (Å²) < 4.78 is 35.7. The molecule has 2 aromatic carbocycles. The number of piperazine rings is 1. The molecule has 1 aliphatic rings. The molecule has 1 amide bonds. The number of benzene rings is 2. The smallest absolute Gasteiger partial charge is 0.254 e. The molecule has 0 aliphatic carbocycles. The van der Waals surface area contributed by atoms with Crippen molar-refractivity contribution in [1.82, 2.24) is 18.0 Å². The van der Waals surface area contributed by atoms with E-state index in [0.717, 1.165) is 11.7 Å². The molecular formula is C17H14Cl2N4O3S2. The molecule has 0 N–H and O–H groups in total. The summed E-state index contributed by atoms with van der Waals surface area (Å²) in [6, 6.07) is 9.57. The molecule has 28 heavy (non-hydrogen) atoms. The summed E-state index contributed by atoms with van der Waals surface area (Å²) in [6.45, 7) is 0.924. The highest BCUT2D eigenvalue weighted by molar-refractivity contribution is 7.89. The molecule has 1 fully saturated rings. The van der Waals surface area contributed by atoms with E-state index in [1.54, 1.807) is 35.2 Å². The number of rotatable bonds is 3. The lowest BCUT2D eigenvalue weighted by atomic mass is 10.2. The molecule has 0 radical (unpaired) electrons. The number of nitrogens with zero attached hydrogens (tertiary/aromatic N) is 4. The van der Waals surface area contributed by atoms with Crippen molar-refractivity contribution in [3.8, 4) is 0 Å². The van der Waals surface area contributed by atoms with E-state index in [-0.39, 0.29) is 37.0 Å². The molecule has 1 aromatic heterocycles. The van der Waals surface area contributed by atoms with Crippen LogP contribution in [0.2, 0.25) is 10.0 Å². The first-order valence-electron chi connectivity index (χ1n) is 8.33. The molecule has 1 saturated heterocycles. The van der Waals surface area contributed by atoms with Gasteiger partial charge in [-0.25, -0.2) is 8.42 Å². The minimum absolute atomic E-state index is 0.139. The van der Waals surface area contributed by atoms with E-state index in [1.807, 2.05) is 0 Å². The molecule has 4 rings (SSSR count). The summed E-state index contributed by atoms with van der Waals surface area (Å²) >= 11 is 12.9. The molecule has 146 valence electrons. The largest absolute Gasteiger partial charge is 0.336 e. The quantitative estimate of drug-likeness (QED) is 0.604. The Morgan fingerprint density at radius 1 is 1.00 bits per heavy atom. The Labute approximate surface area is 175 Å². The first-order valence-corrected chi connectivity index (χ1v) is 11.3. The molecule has 0 bridgehead atoms. The fourth-order valence-electron chi connectivity index (χ4n) is 3.12. The van der Waals surface area contributed by atoms with E-state index in [0.29, 0.717) is 26.6 Å². The summed E-state index contributed by atoms with van der Waals surface area (Å²) in [6.07, 6.45) is 0. The lowest BCUT2D eigenvalue weighted by molar-refractivity contribution is 0.0698. The normalized spacial score (nSPS) is 15.9. The summed E-state index contributed by atoms with van der Waals surface area (Å²) in [5.41, 5.74) is 1.31. The third-order valence-corrected chi connectivity index (χ3v) is 7.41. The molecule has 0 unspecified atom stereocenters. The summed E-state index contributed by atoms with van der Waals surface area (Å²) in [4.78, 5) is 14.4. The third-order valence-electron chi connectivity index (χ3n) is 4.50. The molecule has 11 heteroatoms. The summed E-state index contributed by atoms with van der Waals surface area (Å²) in [5.74, 6) is -0.229. The number of hydrogen-bond acceptors (Lipinski definition) is 6. The molecule has 0 saturated carbocycles. The number of hydrogen-bond donors (Lipinski definition) is 0. The minimum Gasteiger partial charge on any atom is -0.336 e. The fourth-order valence-corrected chi connectivity index (χ4v) is 5.82. The zero-order valence-corrected chi connectivity index (χ0v) is 17.5.